The van der Waals surface area contributed by atoms with E-state index in [1.165, 1.54) is 0 Å². The quantitative estimate of drug-likeness (QED) is 0.790. The summed E-state index contributed by atoms with van der Waals surface area (Å²) in [6, 6.07) is 7.41. The molecule has 2 saturated heterocycles. The van der Waals surface area contributed by atoms with Crippen molar-refractivity contribution < 1.29 is 9.53 Å². The predicted octanol–water partition coefficient (Wildman–Crippen LogP) is 2.01. The van der Waals surface area contributed by atoms with Crippen molar-refractivity contribution in [2.75, 3.05) is 33.3 Å². The van der Waals surface area contributed by atoms with E-state index >= 15 is 0 Å². The third-order valence-corrected chi connectivity index (χ3v) is 4.74. The van der Waals surface area contributed by atoms with Crippen LogP contribution in [0.15, 0.2) is 24.3 Å². The average Bonchev–Trinajstić information content (AvgIpc) is 3.21. The second-order valence-corrected chi connectivity index (χ2v) is 5.78. The van der Waals surface area contributed by atoms with Gasteiger partial charge in [-0.2, -0.15) is 0 Å². The molecule has 0 saturated carbocycles. The smallest absolute Gasteiger partial charge is 0.254 e. The number of methoxy groups -OCH3 is 1. The molecule has 0 aromatic heterocycles. The number of nitrogens with zero attached hydrogens (tertiary/aromatic N) is 2. The Labute approximate surface area is 120 Å². The van der Waals surface area contributed by atoms with E-state index in [2.05, 4.69) is 11.8 Å². The molecule has 4 heteroatoms. The molecule has 0 unspecified atom stereocenters. The number of likely N-dealkylation sites (tertiary alicyclic amines) is 1. The van der Waals surface area contributed by atoms with Crippen molar-refractivity contribution in [3.63, 3.8) is 0 Å². The van der Waals surface area contributed by atoms with E-state index in [0.29, 0.717) is 0 Å². The summed E-state index contributed by atoms with van der Waals surface area (Å²) in [5, 5.41) is 0. The first-order valence-corrected chi connectivity index (χ1v) is 7.37. The third kappa shape index (κ3) is 2.29. The molecule has 2 fully saturated rings. The van der Waals surface area contributed by atoms with Gasteiger partial charge in [0, 0.05) is 25.2 Å². The molecule has 2 heterocycles. The normalized spacial score (nSPS) is 21.0. The predicted molar refractivity (Wildman–Crippen MR) is 78.1 cm³/mol. The van der Waals surface area contributed by atoms with Crippen molar-refractivity contribution in [3.8, 4) is 5.75 Å². The van der Waals surface area contributed by atoms with Crippen LogP contribution in [0.4, 0.5) is 0 Å². The van der Waals surface area contributed by atoms with Gasteiger partial charge in [-0.1, -0.05) is 6.92 Å². The second-order valence-electron chi connectivity index (χ2n) is 5.78. The molecule has 0 aliphatic carbocycles. The van der Waals surface area contributed by atoms with E-state index in [9.17, 15) is 4.79 Å². The molecule has 0 atom stereocenters. The first-order chi connectivity index (χ1) is 9.68. The highest BCUT2D eigenvalue weighted by Crippen LogP contribution is 2.42. The first-order valence-electron chi connectivity index (χ1n) is 7.37. The van der Waals surface area contributed by atoms with E-state index in [1.807, 2.05) is 29.2 Å². The van der Waals surface area contributed by atoms with Crippen molar-refractivity contribution in [1.29, 1.82) is 0 Å². The maximum Gasteiger partial charge on any atom is 0.254 e. The lowest BCUT2D eigenvalue weighted by atomic mass is 9.96. The van der Waals surface area contributed by atoms with Crippen molar-refractivity contribution in [1.82, 2.24) is 9.80 Å². The molecule has 1 spiro atoms. The van der Waals surface area contributed by atoms with E-state index in [1.54, 1.807) is 7.11 Å². The fourth-order valence-corrected chi connectivity index (χ4v) is 3.15. The van der Waals surface area contributed by atoms with Crippen LogP contribution < -0.4 is 4.74 Å². The summed E-state index contributed by atoms with van der Waals surface area (Å²) in [4.78, 5) is 17.0. The zero-order valence-corrected chi connectivity index (χ0v) is 12.3. The van der Waals surface area contributed by atoms with E-state index in [0.717, 1.165) is 50.3 Å². The van der Waals surface area contributed by atoms with Crippen molar-refractivity contribution in [2.45, 2.75) is 25.3 Å². The minimum atomic E-state index is 0.155. The molecule has 4 nitrogen and oxygen atoms in total. The summed E-state index contributed by atoms with van der Waals surface area (Å²) in [5.41, 5.74) is 0.920. The SMILES string of the molecule is CCN1CCC2(CC1)CN2C(=O)c1ccc(OC)cc1. The van der Waals surface area contributed by atoms with Gasteiger partial charge in [0.25, 0.3) is 5.91 Å². The number of carbonyl (C=O) groups is 1. The molecule has 20 heavy (non-hydrogen) atoms. The highest BCUT2D eigenvalue weighted by atomic mass is 16.5. The molecule has 0 N–H and O–H groups in total. The van der Waals surface area contributed by atoms with Crippen molar-refractivity contribution in [3.05, 3.63) is 29.8 Å². The van der Waals surface area contributed by atoms with Gasteiger partial charge in [-0.15, -0.1) is 0 Å². The molecule has 1 aromatic carbocycles. The Hall–Kier alpha value is -1.55. The highest BCUT2D eigenvalue weighted by molar-refractivity contribution is 5.96. The molecule has 0 bridgehead atoms. The van der Waals surface area contributed by atoms with Gasteiger partial charge in [0.1, 0.15) is 5.75 Å². The largest absolute Gasteiger partial charge is 0.497 e. The van der Waals surface area contributed by atoms with Crippen LogP contribution in [0, 0.1) is 0 Å². The molecule has 108 valence electrons. The van der Waals surface area contributed by atoms with Crippen LogP contribution in [0.3, 0.4) is 0 Å². The number of hydrogen-bond acceptors (Lipinski definition) is 3. The zero-order valence-electron chi connectivity index (χ0n) is 12.3. The molecule has 2 aliphatic rings. The average molecular weight is 274 g/mol. The summed E-state index contributed by atoms with van der Waals surface area (Å²) < 4.78 is 5.13. The zero-order chi connectivity index (χ0) is 14.2. The van der Waals surface area contributed by atoms with Crippen LogP contribution in [0.2, 0.25) is 0 Å². The Morgan fingerprint density at radius 1 is 1.25 bits per heavy atom. The van der Waals surface area contributed by atoms with Gasteiger partial charge >= 0.3 is 0 Å². The lowest BCUT2D eigenvalue weighted by Crippen LogP contribution is -2.40. The minimum absolute atomic E-state index is 0.155. The van der Waals surface area contributed by atoms with Crippen LogP contribution in [0.5, 0.6) is 5.75 Å². The van der Waals surface area contributed by atoms with Gasteiger partial charge in [0.15, 0.2) is 0 Å². The van der Waals surface area contributed by atoms with Gasteiger partial charge in [-0.05, 0) is 43.7 Å². The number of amides is 1. The number of carbonyl (C=O) groups excluding carboxylic acids is 1. The topological polar surface area (TPSA) is 32.5 Å². The van der Waals surface area contributed by atoms with Gasteiger partial charge in [0.05, 0.1) is 12.6 Å². The maximum absolute atomic E-state index is 12.5. The van der Waals surface area contributed by atoms with E-state index in [4.69, 9.17) is 4.74 Å². The maximum atomic E-state index is 12.5. The fraction of sp³-hybridized carbons (Fsp3) is 0.562. The summed E-state index contributed by atoms with van der Waals surface area (Å²) >= 11 is 0. The lowest BCUT2D eigenvalue weighted by Gasteiger charge is -2.31. The third-order valence-electron chi connectivity index (χ3n) is 4.74. The van der Waals surface area contributed by atoms with Crippen LogP contribution >= 0.6 is 0 Å². The number of rotatable bonds is 3. The molecule has 1 amide bonds. The number of ether oxygens (including phenoxy) is 1. The fourth-order valence-electron chi connectivity index (χ4n) is 3.15. The van der Waals surface area contributed by atoms with E-state index < -0.39 is 0 Å². The first kappa shape index (κ1) is 13.4. The lowest BCUT2D eigenvalue weighted by molar-refractivity contribution is 0.0821. The Bertz CT molecular complexity index is 490. The summed E-state index contributed by atoms with van der Waals surface area (Å²) in [7, 11) is 1.64. The Balaban J connectivity index is 1.65. The molecule has 0 radical (unpaired) electrons. The number of hydrogen-bond donors (Lipinski definition) is 0. The van der Waals surface area contributed by atoms with Crippen molar-refractivity contribution >= 4 is 5.91 Å². The summed E-state index contributed by atoms with van der Waals surface area (Å²) in [6.45, 7) is 6.47. The van der Waals surface area contributed by atoms with Crippen LogP contribution in [-0.2, 0) is 0 Å². The Kier molecular flexibility index (Phi) is 3.42. The monoisotopic (exact) mass is 274 g/mol. The Morgan fingerprint density at radius 2 is 1.90 bits per heavy atom. The highest BCUT2D eigenvalue weighted by Gasteiger charge is 2.55. The van der Waals surface area contributed by atoms with Gasteiger partial charge in [0.2, 0.25) is 0 Å². The summed E-state index contributed by atoms with van der Waals surface area (Å²) in [5.74, 6) is 0.955. The van der Waals surface area contributed by atoms with E-state index in [-0.39, 0.29) is 11.4 Å². The van der Waals surface area contributed by atoms with Crippen LogP contribution in [0.1, 0.15) is 30.1 Å². The van der Waals surface area contributed by atoms with Crippen molar-refractivity contribution in [2.24, 2.45) is 0 Å². The number of benzene rings is 1. The summed E-state index contributed by atoms with van der Waals surface area (Å²) in [6.07, 6.45) is 2.23. The van der Waals surface area contributed by atoms with Gasteiger partial charge in [-0.25, -0.2) is 0 Å². The van der Waals surface area contributed by atoms with Crippen LogP contribution in [0.25, 0.3) is 0 Å². The molecule has 2 aliphatic heterocycles. The van der Waals surface area contributed by atoms with Gasteiger partial charge < -0.3 is 14.5 Å². The Morgan fingerprint density at radius 3 is 2.45 bits per heavy atom. The van der Waals surface area contributed by atoms with Gasteiger partial charge in [-0.3, -0.25) is 4.79 Å². The molecular formula is C16H22N2O2. The second kappa shape index (κ2) is 5.09. The molecule has 1 aromatic rings. The molecular weight excluding hydrogens is 252 g/mol. The standard InChI is InChI=1S/C16H22N2O2/c1-3-17-10-8-16(9-11-17)12-18(16)15(19)13-4-6-14(20-2)7-5-13/h4-7H,3,8-12H2,1-2H3. The molecule has 3 rings (SSSR count). The number of piperidine rings is 1. The minimum Gasteiger partial charge on any atom is -0.497 e. The van der Waals surface area contributed by atoms with Crippen LogP contribution in [-0.4, -0.2) is 54.5 Å².